The molecule has 1 aromatic carbocycles. The number of hydrogen-bond acceptors (Lipinski definition) is 3. The molecule has 0 radical (unpaired) electrons. The molecule has 3 heteroatoms. The van der Waals surface area contributed by atoms with Gasteiger partial charge in [-0.2, -0.15) is 0 Å². The van der Waals surface area contributed by atoms with E-state index in [1.165, 1.54) is 37.7 Å². The maximum Gasteiger partial charge on any atom is 0.212 e. The van der Waals surface area contributed by atoms with E-state index in [0.29, 0.717) is 12.1 Å². The molecule has 0 amide bonds. The van der Waals surface area contributed by atoms with Crippen molar-refractivity contribution in [2.75, 3.05) is 0 Å². The Morgan fingerprint density at radius 2 is 2.20 bits per heavy atom. The van der Waals surface area contributed by atoms with Gasteiger partial charge in [0.1, 0.15) is 5.52 Å². The Labute approximate surface area is 119 Å². The third-order valence-electron chi connectivity index (χ3n) is 5.04. The Kier molecular flexibility index (Phi) is 3.03. The van der Waals surface area contributed by atoms with Crippen LogP contribution in [0.3, 0.4) is 0 Å². The fourth-order valence-electron chi connectivity index (χ4n) is 3.87. The van der Waals surface area contributed by atoms with Crippen molar-refractivity contribution in [3.05, 3.63) is 29.7 Å². The van der Waals surface area contributed by atoms with Gasteiger partial charge >= 0.3 is 0 Å². The highest BCUT2D eigenvalue weighted by Crippen LogP contribution is 2.39. The Balaban J connectivity index is 1.62. The number of aromatic nitrogens is 1. The molecule has 2 heterocycles. The van der Waals surface area contributed by atoms with Crippen molar-refractivity contribution in [3.63, 3.8) is 0 Å². The van der Waals surface area contributed by atoms with Gasteiger partial charge in [-0.15, -0.1) is 0 Å². The van der Waals surface area contributed by atoms with Crippen LogP contribution in [0.4, 0.5) is 0 Å². The van der Waals surface area contributed by atoms with Gasteiger partial charge in [-0.3, -0.25) is 0 Å². The van der Waals surface area contributed by atoms with E-state index in [9.17, 15) is 0 Å². The minimum Gasteiger partial charge on any atom is -0.439 e. The first kappa shape index (κ1) is 12.4. The number of hydrogen-bond donors (Lipinski definition) is 1. The van der Waals surface area contributed by atoms with Crippen molar-refractivity contribution in [3.8, 4) is 0 Å². The van der Waals surface area contributed by atoms with Gasteiger partial charge in [-0.1, -0.05) is 25.8 Å². The summed E-state index contributed by atoms with van der Waals surface area (Å²) in [5.41, 5.74) is 3.26. The quantitative estimate of drug-likeness (QED) is 0.897. The van der Waals surface area contributed by atoms with Crippen LogP contribution in [0.2, 0.25) is 0 Å². The van der Waals surface area contributed by atoms with Gasteiger partial charge in [0.2, 0.25) is 5.89 Å². The highest BCUT2D eigenvalue weighted by molar-refractivity contribution is 5.73. The Morgan fingerprint density at radius 3 is 3.05 bits per heavy atom. The molecule has 106 valence electrons. The van der Waals surface area contributed by atoms with E-state index >= 15 is 0 Å². The topological polar surface area (TPSA) is 38.1 Å². The number of rotatable bonds is 2. The van der Waals surface area contributed by atoms with E-state index < -0.39 is 0 Å². The fourth-order valence-corrected chi connectivity index (χ4v) is 3.87. The molecule has 1 aromatic heterocycles. The van der Waals surface area contributed by atoms with E-state index in [0.717, 1.165) is 29.3 Å². The predicted molar refractivity (Wildman–Crippen MR) is 79.6 cm³/mol. The first-order valence-electron chi connectivity index (χ1n) is 7.99. The fraction of sp³-hybridized carbons (Fsp3) is 0.588. The maximum absolute atomic E-state index is 5.98. The van der Waals surface area contributed by atoms with E-state index in [1.54, 1.807) is 0 Å². The smallest absolute Gasteiger partial charge is 0.212 e. The number of benzene rings is 1. The molecular weight excluding hydrogens is 248 g/mol. The van der Waals surface area contributed by atoms with E-state index in [1.807, 2.05) is 0 Å². The minimum absolute atomic E-state index is 0.320. The Bertz CT molecular complexity index is 604. The van der Waals surface area contributed by atoms with Crippen molar-refractivity contribution in [1.29, 1.82) is 0 Å². The molecule has 1 saturated carbocycles. The van der Waals surface area contributed by atoms with Crippen molar-refractivity contribution in [2.45, 2.75) is 57.5 Å². The SMILES string of the molecule is CCc1ccc2oc(C3CC4CCCCC4N3)nc2c1. The molecular formula is C17H22N2O. The number of aryl methyl sites for hydroxylation is 1. The van der Waals surface area contributed by atoms with Crippen LogP contribution in [0.25, 0.3) is 11.1 Å². The normalized spacial score (nSPS) is 29.8. The first-order valence-corrected chi connectivity index (χ1v) is 7.99. The second-order valence-corrected chi connectivity index (χ2v) is 6.31. The minimum atomic E-state index is 0.320. The number of nitrogens with one attached hydrogen (secondary N) is 1. The molecule has 0 bridgehead atoms. The van der Waals surface area contributed by atoms with Crippen LogP contribution in [0.5, 0.6) is 0 Å². The summed E-state index contributed by atoms with van der Waals surface area (Å²) in [5, 5.41) is 3.74. The van der Waals surface area contributed by atoms with Crippen LogP contribution in [-0.4, -0.2) is 11.0 Å². The molecule has 2 aliphatic rings. The van der Waals surface area contributed by atoms with E-state index in [-0.39, 0.29) is 0 Å². The lowest BCUT2D eigenvalue weighted by atomic mass is 9.85. The van der Waals surface area contributed by atoms with Crippen LogP contribution in [0.15, 0.2) is 22.6 Å². The molecule has 1 aliphatic heterocycles. The lowest BCUT2D eigenvalue weighted by Crippen LogP contribution is -2.30. The zero-order chi connectivity index (χ0) is 13.5. The summed E-state index contributed by atoms with van der Waals surface area (Å²) >= 11 is 0. The zero-order valence-electron chi connectivity index (χ0n) is 12.1. The molecule has 4 rings (SSSR count). The summed E-state index contributed by atoms with van der Waals surface area (Å²) in [6.07, 6.45) is 7.69. The molecule has 1 saturated heterocycles. The summed E-state index contributed by atoms with van der Waals surface area (Å²) in [6.45, 7) is 2.17. The summed E-state index contributed by atoms with van der Waals surface area (Å²) in [5.74, 6) is 1.72. The van der Waals surface area contributed by atoms with Crippen molar-refractivity contribution in [1.82, 2.24) is 10.3 Å². The molecule has 3 atom stereocenters. The van der Waals surface area contributed by atoms with Crippen LogP contribution < -0.4 is 5.32 Å². The second-order valence-electron chi connectivity index (χ2n) is 6.31. The largest absolute Gasteiger partial charge is 0.439 e. The van der Waals surface area contributed by atoms with Gasteiger partial charge in [0.15, 0.2) is 5.58 Å². The van der Waals surface area contributed by atoms with Gasteiger partial charge in [-0.25, -0.2) is 4.98 Å². The average molecular weight is 270 g/mol. The van der Waals surface area contributed by atoms with Crippen molar-refractivity contribution < 1.29 is 4.42 Å². The lowest BCUT2D eigenvalue weighted by Gasteiger charge is -2.24. The molecule has 1 aliphatic carbocycles. The number of oxazole rings is 1. The standard InChI is InChI=1S/C17H22N2O/c1-2-11-7-8-16-14(9-11)19-17(20-16)15-10-12-5-3-4-6-13(12)18-15/h7-9,12-13,15,18H,2-6,10H2,1H3. The molecule has 3 unspecified atom stereocenters. The highest BCUT2D eigenvalue weighted by Gasteiger charge is 2.37. The third-order valence-corrected chi connectivity index (χ3v) is 5.04. The van der Waals surface area contributed by atoms with E-state index in [4.69, 9.17) is 9.40 Å². The molecule has 2 fully saturated rings. The lowest BCUT2D eigenvalue weighted by molar-refractivity contribution is 0.325. The summed E-state index contributed by atoms with van der Waals surface area (Å²) in [6, 6.07) is 7.37. The van der Waals surface area contributed by atoms with Crippen molar-refractivity contribution in [2.24, 2.45) is 5.92 Å². The summed E-state index contributed by atoms with van der Waals surface area (Å²) in [7, 11) is 0. The monoisotopic (exact) mass is 270 g/mol. The number of nitrogens with zero attached hydrogens (tertiary/aromatic N) is 1. The summed E-state index contributed by atoms with van der Waals surface area (Å²) < 4.78 is 5.98. The number of fused-ring (bicyclic) bond motifs is 2. The Morgan fingerprint density at radius 1 is 1.30 bits per heavy atom. The molecule has 20 heavy (non-hydrogen) atoms. The van der Waals surface area contributed by atoms with Gasteiger partial charge in [0, 0.05) is 6.04 Å². The van der Waals surface area contributed by atoms with Crippen LogP contribution >= 0.6 is 0 Å². The van der Waals surface area contributed by atoms with Crippen molar-refractivity contribution >= 4 is 11.1 Å². The van der Waals surface area contributed by atoms with Crippen LogP contribution in [0, 0.1) is 5.92 Å². The third kappa shape index (κ3) is 2.05. The van der Waals surface area contributed by atoms with Gasteiger partial charge < -0.3 is 9.73 Å². The molecule has 2 aromatic rings. The molecule has 1 N–H and O–H groups in total. The highest BCUT2D eigenvalue weighted by atomic mass is 16.3. The van der Waals surface area contributed by atoms with Crippen LogP contribution in [0.1, 0.15) is 56.5 Å². The van der Waals surface area contributed by atoms with Gasteiger partial charge in [0.25, 0.3) is 0 Å². The van der Waals surface area contributed by atoms with Gasteiger partial charge in [0.05, 0.1) is 6.04 Å². The Hall–Kier alpha value is -1.35. The second kappa shape index (κ2) is 4.88. The summed E-state index contributed by atoms with van der Waals surface area (Å²) in [4.78, 5) is 4.73. The zero-order valence-corrected chi connectivity index (χ0v) is 12.1. The van der Waals surface area contributed by atoms with E-state index in [2.05, 4.69) is 30.4 Å². The predicted octanol–water partition coefficient (Wildman–Crippen LogP) is 3.98. The molecule has 0 spiro atoms. The first-order chi connectivity index (χ1) is 9.83. The molecule has 3 nitrogen and oxygen atoms in total. The maximum atomic E-state index is 5.98. The van der Waals surface area contributed by atoms with Crippen LogP contribution in [-0.2, 0) is 6.42 Å². The van der Waals surface area contributed by atoms with Gasteiger partial charge in [-0.05, 0) is 49.3 Å². The average Bonchev–Trinajstić information content (AvgIpc) is 3.09.